The minimum absolute atomic E-state index is 0.0520. The van der Waals surface area contributed by atoms with Gasteiger partial charge >= 0.3 is 6.03 Å². The molecule has 3 heterocycles. The van der Waals surface area contributed by atoms with Crippen molar-refractivity contribution in [2.75, 3.05) is 26.2 Å². The quantitative estimate of drug-likeness (QED) is 0.796. The van der Waals surface area contributed by atoms with Gasteiger partial charge in [-0.2, -0.15) is 0 Å². The number of amides is 3. The van der Waals surface area contributed by atoms with Gasteiger partial charge in [0.1, 0.15) is 6.04 Å². The highest BCUT2D eigenvalue weighted by Gasteiger charge is 2.42. The Bertz CT molecular complexity index is 457. The average molecular weight is 306 g/mol. The molecule has 2 bridgehead atoms. The lowest BCUT2D eigenvalue weighted by molar-refractivity contribution is -0.127. The van der Waals surface area contributed by atoms with Gasteiger partial charge in [-0.15, -0.1) is 0 Å². The van der Waals surface area contributed by atoms with Crippen LogP contribution < -0.4 is 10.6 Å². The highest BCUT2D eigenvalue weighted by atomic mass is 16.2. The molecule has 3 saturated heterocycles. The summed E-state index contributed by atoms with van der Waals surface area (Å²) in [4.78, 5) is 28.6. The number of likely N-dealkylation sites (tertiary alicyclic amines) is 1. The highest BCUT2D eigenvalue weighted by molar-refractivity contribution is 5.89. The Hall–Kier alpha value is -1.30. The van der Waals surface area contributed by atoms with Gasteiger partial charge in [-0.05, 0) is 44.4 Å². The van der Waals surface area contributed by atoms with Gasteiger partial charge in [0.05, 0.1) is 0 Å². The average Bonchev–Trinajstić information content (AvgIpc) is 3.28. The van der Waals surface area contributed by atoms with Crippen molar-refractivity contribution in [1.82, 2.24) is 20.4 Å². The second-order valence-electron chi connectivity index (χ2n) is 7.42. The molecule has 4 fully saturated rings. The molecule has 0 aromatic carbocycles. The van der Waals surface area contributed by atoms with Crippen LogP contribution in [-0.2, 0) is 4.79 Å². The van der Waals surface area contributed by atoms with Gasteiger partial charge < -0.3 is 20.4 Å². The van der Waals surface area contributed by atoms with E-state index in [-0.39, 0.29) is 30.1 Å². The number of rotatable bonds is 4. The van der Waals surface area contributed by atoms with Gasteiger partial charge in [-0.25, -0.2) is 4.79 Å². The first-order valence-electron chi connectivity index (χ1n) is 8.79. The van der Waals surface area contributed by atoms with Crippen molar-refractivity contribution < 1.29 is 9.59 Å². The number of urea groups is 1. The summed E-state index contributed by atoms with van der Waals surface area (Å²) >= 11 is 0. The molecule has 3 amide bonds. The maximum Gasteiger partial charge on any atom is 0.318 e. The third kappa shape index (κ3) is 2.93. The van der Waals surface area contributed by atoms with Crippen LogP contribution in [0.1, 0.15) is 38.5 Å². The summed E-state index contributed by atoms with van der Waals surface area (Å²) in [6, 6.07) is 0.207. The fourth-order valence-electron chi connectivity index (χ4n) is 4.07. The Morgan fingerprint density at radius 2 is 1.91 bits per heavy atom. The number of carbonyl (C=O) groups excluding carboxylic acids is 2. The lowest BCUT2D eigenvalue weighted by Gasteiger charge is -2.35. The van der Waals surface area contributed by atoms with Crippen molar-refractivity contribution in [2.24, 2.45) is 5.92 Å². The molecule has 4 rings (SSSR count). The van der Waals surface area contributed by atoms with Crippen LogP contribution in [0.25, 0.3) is 0 Å². The maximum atomic E-state index is 12.5. The standard InChI is InChI=1S/C16H26N4O2/c21-15(14-4-3-13-10-20(14)16(22)18-13)17-12-5-7-19(8-6-12)9-11-1-2-11/h11-14H,1-10H2,(H,17,21)(H,18,22)/t13-,14-/m1/s1. The Morgan fingerprint density at radius 1 is 1.14 bits per heavy atom. The number of fused-ring (bicyclic) bond motifs is 2. The van der Waals surface area contributed by atoms with Gasteiger partial charge in [0.25, 0.3) is 0 Å². The molecule has 3 aliphatic heterocycles. The van der Waals surface area contributed by atoms with E-state index >= 15 is 0 Å². The summed E-state index contributed by atoms with van der Waals surface area (Å²) in [6.07, 6.45) is 6.59. The molecule has 1 aliphatic carbocycles. The van der Waals surface area contributed by atoms with Crippen LogP contribution in [0.15, 0.2) is 0 Å². The van der Waals surface area contributed by atoms with Crippen molar-refractivity contribution in [3.63, 3.8) is 0 Å². The topological polar surface area (TPSA) is 64.7 Å². The van der Waals surface area contributed by atoms with Crippen LogP contribution in [0, 0.1) is 5.92 Å². The van der Waals surface area contributed by atoms with Crippen LogP contribution in [0.4, 0.5) is 4.79 Å². The predicted molar refractivity (Wildman–Crippen MR) is 82.4 cm³/mol. The predicted octanol–water partition coefficient (Wildman–Crippen LogP) is 0.533. The molecular weight excluding hydrogens is 280 g/mol. The van der Waals surface area contributed by atoms with E-state index in [1.807, 2.05) is 0 Å². The number of nitrogens with zero attached hydrogens (tertiary/aromatic N) is 2. The SMILES string of the molecule is O=C(NC1CCN(CC2CC2)CC1)[C@H]1CC[C@@H]2CN1C(=O)N2. The van der Waals surface area contributed by atoms with E-state index in [2.05, 4.69) is 15.5 Å². The first-order chi connectivity index (χ1) is 10.7. The zero-order valence-electron chi connectivity index (χ0n) is 13.1. The number of hydrogen-bond donors (Lipinski definition) is 2. The molecule has 0 aromatic rings. The second-order valence-corrected chi connectivity index (χ2v) is 7.42. The van der Waals surface area contributed by atoms with Crippen molar-refractivity contribution in [3.05, 3.63) is 0 Å². The minimum atomic E-state index is -0.261. The number of carbonyl (C=O) groups is 2. The molecule has 0 radical (unpaired) electrons. The molecule has 0 unspecified atom stereocenters. The molecule has 122 valence electrons. The molecule has 2 atom stereocenters. The maximum absolute atomic E-state index is 12.5. The fraction of sp³-hybridized carbons (Fsp3) is 0.875. The zero-order chi connectivity index (χ0) is 15.1. The second kappa shape index (κ2) is 5.72. The highest BCUT2D eigenvalue weighted by Crippen LogP contribution is 2.30. The smallest absolute Gasteiger partial charge is 0.318 e. The van der Waals surface area contributed by atoms with E-state index in [0.717, 1.165) is 44.7 Å². The van der Waals surface area contributed by atoms with E-state index < -0.39 is 0 Å². The van der Waals surface area contributed by atoms with Crippen molar-refractivity contribution in [1.29, 1.82) is 0 Å². The van der Waals surface area contributed by atoms with Crippen LogP contribution >= 0.6 is 0 Å². The van der Waals surface area contributed by atoms with E-state index in [0.29, 0.717) is 6.54 Å². The van der Waals surface area contributed by atoms with Gasteiger partial charge in [0, 0.05) is 38.3 Å². The number of nitrogens with one attached hydrogen (secondary N) is 2. The summed E-state index contributed by atoms with van der Waals surface area (Å²) in [6.45, 7) is 4.13. The van der Waals surface area contributed by atoms with Gasteiger partial charge in [0.2, 0.25) is 5.91 Å². The van der Waals surface area contributed by atoms with Crippen molar-refractivity contribution >= 4 is 11.9 Å². The van der Waals surface area contributed by atoms with Crippen LogP contribution in [0.5, 0.6) is 0 Å². The van der Waals surface area contributed by atoms with Gasteiger partial charge in [-0.1, -0.05) is 0 Å². The molecule has 4 aliphatic rings. The summed E-state index contributed by atoms with van der Waals surface area (Å²) < 4.78 is 0. The van der Waals surface area contributed by atoms with E-state index in [1.54, 1.807) is 4.90 Å². The summed E-state index contributed by atoms with van der Waals surface area (Å²) in [7, 11) is 0. The van der Waals surface area contributed by atoms with E-state index in [9.17, 15) is 9.59 Å². The minimum Gasteiger partial charge on any atom is -0.351 e. The Kier molecular flexibility index (Phi) is 3.72. The van der Waals surface area contributed by atoms with Crippen LogP contribution in [-0.4, -0.2) is 66.0 Å². The molecular formula is C16H26N4O2. The van der Waals surface area contributed by atoms with Crippen LogP contribution in [0.2, 0.25) is 0 Å². The molecule has 2 N–H and O–H groups in total. The van der Waals surface area contributed by atoms with Crippen molar-refractivity contribution in [3.8, 4) is 0 Å². The third-order valence-electron chi connectivity index (χ3n) is 5.62. The van der Waals surface area contributed by atoms with Crippen molar-refractivity contribution in [2.45, 2.75) is 56.7 Å². The number of hydrogen-bond acceptors (Lipinski definition) is 3. The molecule has 6 heteroatoms. The largest absolute Gasteiger partial charge is 0.351 e. The number of piperidine rings is 2. The van der Waals surface area contributed by atoms with E-state index in [4.69, 9.17) is 0 Å². The summed E-state index contributed by atoms with van der Waals surface area (Å²) in [5.41, 5.74) is 0. The normalized spacial score (nSPS) is 32.9. The zero-order valence-corrected chi connectivity index (χ0v) is 13.1. The Balaban J connectivity index is 1.26. The molecule has 6 nitrogen and oxygen atoms in total. The lowest BCUT2D eigenvalue weighted by atomic mass is 9.99. The molecule has 0 spiro atoms. The monoisotopic (exact) mass is 306 g/mol. The summed E-state index contributed by atoms with van der Waals surface area (Å²) in [5.74, 6) is 0.992. The molecule has 1 saturated carbocycles. The first kappa shape index (κ1) is 14.3. The van der Waals surface area contributed by atoms with Gasteiger partial charge in [0.15, 0.2) is 0 Å². The van der Waals surface area contributed by atoms with E-state index in [1.165, 1.54) is 19.4 Å². The Morgan fingerprint density at radius 3 is 2.64 bits per heavy atom. The molecule has 0 aromatic heterocycles. The Labute approximate surface area is 131 Å². The third-order valence-corrected chi connectivity index (χ3v) is 5.62. The fourth-order valence-corrected chi connectivity index (χ4v) is 4.07. The lowest BCUT2D eigenvalue weighted by Crippen LogP contribution is -2.53. The first-order valence-corrected chi connectivity index (χ1v) is 8.79. The van der Waals surface area contributed by atoms with Crippen LogP contribution in [0.3, 0.4) is 0 Å². The molecule has 22 heavy (non-hydrogen) atoms. The summed E-state index contributed by atoms with van der Waals surface area (Å²) in [5, 5.41) is 6.13. The van der Waals surface area contributed by atoms with Gasteiger partial charge in [-0.3, -0.25) is 4.79 Å².